The molecule has 2 aliphatic rings. The molecule has 0 aromatic carbocycles. The second-order valence-corrected chi connectivity index (χ2v) is 3.66. The lowest BCUT2D eigenvalue weighted by molar-refractivity contribution is -0.147. The number of fused-ring (bicyclic) bond motifs is 1. The van der Waals surface area contributed by atoms with E-state index in [1.165, 1.54) is 12.8 Å². The van der Waals surface area contributed by atoms with Crippen molar-refractivity contribution in [1.82, 2.24) is 5.32 Å². The summed E-state index contributed by atoms with van der Waals surface area (Å²) in [4.78, 5) is 11.5. The van der Waals surface area contributed by atoms with E-state index in [1.807, 2.05) is 6.92 Å². The first kappa shape index (κ1) is 8.05. The standard InChI is InChI=1S/C9H15NO2/c1-2-12-8(11)9-6-7(9)4-3-5-10-9/h7,10H,2-6H2,1H3/t7-,9+/m1/s1. The smallest absolute Gasteiger partial charge is 0.326 e. The van der Waals surface area contributed by atoms with Gasteiger partial charge in [0.1, 0.15) is 5.54 Å². The third-order valence-corrected chi connectivity index (χ3v) is 2.91. The first-order valence-electron chi connectivity index (χ1n) is 4.72. The highest BCUT2D eigenvalue weighted by molar-refractivity contribution is 5.85. The molecule has 1 heterocycles. The average molecular weight is 169 g/mol. The third kappa shape index (κ3) is 1.04. The molecule has 1 N–H and O–H groups in total. The molecule has 0 amide bonds. The van der Waals surface area contributed by atoms with Crippen molar-refractivity contribution in [1.29, 1.82) is 0 Å². The molecule has 0 unspecified atom stereocenters. The van der Waals surface area contributed by atoms with Gasteiger partial charge in [0.25, 0.3) is 0 Å². The van der Waals surface area contributed by atoms with E-state index < -0.39 is 0 Å². The lowest BCUT2D eigenvalue weighted by Crippen LogP contribution is -2.45. The molecule has 1 saturated heterocycles. The second-order valence-electron chi connectivity index (χ2n) is 3.66. The second kappa shape index (κ2) is 2.73. The molecule has 0 aromatic rings. The molecule has 0 aromatic heterocycles. The van der Waals surface area contributed by atoms with Crippen LogP contribution in [0.25, 0.3) is 0 Å². The Bertz CT molecular complexity index is 205. The zero-order chi connectivity index (χ0) is 8.60. The summed E-state index contributed by atoms with van der Waals surface area (Å²) in [6, 6.07) is 0. The van der Waals surface area contributed by atoms with Crippen molar-refractivity contribution in [2.45, 2.75) is 31.7 Å². The number of hydrogen-bond donors (Lipinski definition) is 1. The van der Waals surface area contributed by atoms with E-state index in [0.29, 0.717) is 12.5 Å². The Labute approximate surface area is 72.5 Å². The number of esters is 1. The zero-order valence-corrected chi connectivity index (χ0v) is 7.43. The molecular weight excluding hydrogens is 154 g/mol. The average Bonchev–Trinajstić information content (AvgIpc) is 2.79. The summed E-state index contributed by atoms with van der Waals surface area (Å²) in [5.41, 5.74) is -0.256. The van der Waals surface area contributed by atoms with Gasteiger partial charge >= 0.3 is 5.97 Å². The van der Waals surface area contributed by atoms with E-state index >= 15 is 0 Å². The predicted octanol–water partition coefficient (Wildman–Crippen LogP) is 0.692. The van der Waals surface area contributed by atoms with Crippen LogP contribution in [0.1, 0.15) is 26.2 Å². The van der Waals surface area contributed by atoms with Gasteiger partial charge in [0.05, 0.1) is 6.61 Å². The molecule has 1 aliphatic heterocycles. The summed E-state index contributed by atoms with van der Waals surface area (Å²) in [6.07, 6.45) is 3.38. The van der Waals surface area contributed by atoms with Crippen molar-refractivity contribution in [2.75, 3.05) is 13.2 Å². The van der Waals surface area contributed by atoms with Gasteiger partial charge in [-0.1, -0.05) is 0 Å². The van der Waals surface area contributed by atoms with Crippen LogP contribution in [0.5, 0.6) is 0 Å². The van der Waals surface area contributed by atoms with Gasteiger partial charge in [-0.15, -0.1) is 0 Å². The summed E-state index contributed by atoms with van der Waals surface area (Å²) >= 11 is 0. The predicted molar refractivity (Wildman–Crippen MR) is 44.7 cm³/mol. The minimum absolute atomic E-state index is 0.0327. The number of rotatable bonds is 2. The summed E-state index contributed by atoms with van der Waals surface area (Å²) in [7, 11) is 0. The minimum Gasteiger partial charge on any atom is -0.465 e. The van der Waals surface area contributed by atoms with Gasteiger partial charge in [0.2, 0.25) is 0 Å². The van der Waals surface area contributed by atoms with E-state index in [9.17, 15) is 4.79 Å². The van der Waals surface area contributed by atoms with Crippen molar-refractivity contribution >= 4 is 5.97 Å². The van der Waals surface area contributed by atoms with Crippen LogP contribution in [0.15, 0.2) is 0 Å². The van der Waals surface area contributed by atoms with Gasteiger partial charge in [-0.2, -0.15) is 0 Å². The Morgan fingerprint density at radius 3 is 3.25 bits per heavy atom. The molecule has 0 radical (unpaired) electrons. The Morgan fingerprint density at radius 1 is 1.75 bits per heavy atom. The quantitative estimate of drug-likeness (QED) is 0.618. The summed E-state index contributed by atoms with van der Waals surface area (Å²) in [5.74, 6) is 0.528. The molecule has 68 valence electrons. The highest BCUT2D eigenvalue weighted by Crippen LogP contribution is 2.49. The van der Waals surface area contributed by atoms with Gasteiger partial charge in [-0.25, -0.2) is 0 Å². The number of piperidine rings is 1. The highest BCUT2D eigenvalue weighted by atomic mass is 16.5. The molecule has 2 fully saturated rings. The summed E-state index contributed by atoms with van der Waals surface area (Å²) in [5, 5.41) is 3.28. The number of hydrogen-bond acceptors (Lipinski definition) is 3. The van der Waals surface area contributed by atoms with Crippen LogP contribution < -0.4 is 5.32 Å². The molecule has 2 rings (SSSR count). The zero-order valence-electron chi connectivity index (χ0n) is 7.43. The fourth-order valence-electron chi connectivity index (χ4n) is 2.14. The lowest BCUT2D eigenvalue weighted by atomic mass is 10.1. The first-order chi connectivity index (χ1) is 5.79. The number of carbonyl (C=O) groups is 1. The Balaban J connectivity index is 1.98. The lowest BCUT2D eigenvalue weighted by Gasteiger charge is -2.21. The maximum Gasteiger partial charge on any atom is 0.326 e. The van der Waals surface area contributed by atoms with E-state index in [1.54, 1.807) is 0 Å². The van der Waals surface area contributed by atoms with Crippen LogP contribution >= 0.6 is 0 Å². The Hall–Kier alpha value is -0.570. The van der Waals surface area contributed by atoms with Crippen molar-refractivity contribution in [3.8, 4) is 0 Å². The van der Waals surface area contributed by atoms with Gasteiger partial charge < -0.3 is 10.1 Å². The van der Waals surface area contributed by atoms with Gasteiger partial charge in [-0.3, -0.25) is 4.79 Å². The van der Waals surface area contributed by atoms with Crippen LogP contribution in [-0.2, 0) is 9.53 Å². The van der Waals surface area contributed by atoms with Gasteiger partial charge in [0, 0.05) is 0 Å². The third-order valence-electron chi connectivity index (χ3n) is 2.91. The van der Waals surface area contributed by atoms with Gasteiger partial charge in [-0.05, 0) is 38.6 Å². The van der Waals surface area contributed by atoms with Crippen LogP contribution in [0, 0.1) is 5.92 Å². The maximum absolute atomic E-state index is 11.5. The summed E-state index contributed by atoms with van der Waals surface area (Å²) < 4.78 is 5.02. The molecule has 3 nitrogen and oxygen atoms in total. The van der Waals surface area contributed by atoms with Crippen LogP contribution in [0.4, 0.5) is 0 Å². The number of carbonyl (C=O) groups excluding carboxylic acids is 1. The van der Waals surface area contributed by atoms with Crippen molar-refractivity contribution in [3.05, 3.63) is 0 Å². The Kier molecular flexibility index (Phi) is 1.83. The molecule has 1 saturated carbocycles. The van der Waals surface area contributed by atoms with Crippen molar-refractivity contribution in [3.63, 3.8) is 0 Å². The van der Waals surface area contributed by atoms with Crippen LogP contribution in [0.2, 0.25) is 0 Å². The number of ether oxygens (including phenoxy) is 1. The highest BCUT2D eigenvalue weighted by Gasteiger charge is 2.61. The molecule has 3 heteroatoms. The minimum atomic E-state index is -0.256. The van der Waals surface area contributed by atoms with Crippen LogP contribution in [0.3, 0.4) is 0 Å². The fourth-order valence-corrected chi connectivity index (χ4v) is 2.14. The van der Waals surface area contributed by atoms with E-state index in [-0.39, 0.29) is 11.5 Å². The maximum atomic E-state index is 11.5. The molecule has 0 bridgehead atoms. The monoisotopic (exact) mass is 169 g/mol. The molecule has 12 heavy (non-hydrogen) atoms. The summed E-state index contributed by atoms with van der Waals surface area (Å²) in [6.45, 7) is 3.32. The van der Waals surface area contributed by atoms with Crippen molar-refractivity contribution in [2.24, 2.45) is 5.92 Å². The van der Waals surface area contributed by atoms with Crippen molar-refractivity contribution < 1.29 is 9.53 Å². The van der Waals surface area contributed by atoms with Crippen LogP contribution in [-0.4, -0.2) is 24.7 Å². The Morgan fingerprint density at radius 2 is 2.58 bits per heavy atom. The normalized spacial score (nSPS) is 38.6. The fraction of sp³-hybridized carbons (Fsp3) is 0.889. The largest absolute Gasteiger partial charge is 0.465 e. The topological polar surface area (TPSA) is 38.3 Å². The van der Waals surface area contributed by atoms with E-state index in [2.05, 4.69) is 5.32 Å². The number of nitrogens with one attached hydrogen (secondary N) is 1. The van der Waals surface area contributed by atoms with Gasteiger partial charge in [0.15, 0.2) is 0 Å². The first-order valence-corrected chi connectivity index (χ1v) is 4.72. The molecular formula is C9H15NO2. The molecule has 2 atom stereocenters. The molecule has 1 aliphatic carbocycles. The molecule has 0 spiro atoms. The van der Waals surface area contributed by atoms with E-state index in [0.717, 1.165) is 13.0 Å². The van der Waals surface area contributed by atoms with E-state index in [4.69, 9.17) is 4.74 Å². The SMILES string of the molecule is CCOC(=O)[C@]12C[C@H]1CCCN2.